The molecule has 1 aliphatic heterocycles. The Balaban J connectivity index is 2.08. The van der Waals surface area contributed by atoms with Gasteiger partial charge in [-0.2, -0.15) is 0 Å². The van der Waals surface area contributed by atoms with Crippen LogP contribution in [0.5, 0.6) is 5.75 Å². The van der Waals surface area contributed by atoms with Crippen LogP contribution in [0.3, 0.4) is 0 Å². The van der Waals surface area contributed by atoms with Gasteiger partial charge in [-0.1, -0.05) is 26.0 Å². The van der Waals surface area contributed by atoms with Crippen LogP contribution < -0.4 is 4.74 Å². The van der Waals surface area contributed by atoms with Gasteiger partial charge in [-0.3, -0.25) is 0 Å². The second-order valence-electron chi connectivity index (χ2n) is 5.20. The molecule has 2 aliphatic rings. The summed E-state index contributed by atoms with van der Waals surface area (Å²) in [5.41, 5.74) is 3.13. The first-order chi connectivity index (χ1) is 6.67. The predicted molar refractivity (Wildman–Crippen MR) is 56.9 cm³/mol. The summed E-state index contributed by atoms with van der Waals surface area (Å²) < 4.78 is 5.67. The molecule has 0 spiro atoms. The largest absolute Gasteiger partial charge is 0.492 e. The molecule has 0 N–H and O–H groups in total. The summed E-state index contributed by atoms with van der Waals surface area (Å²) in [4.78, 5) is 0. The minimum atomic E-state index is 0.209. The van der Waals surface area contributed by atoms with Crippen LogP contribution in [0.4, 0.5) is 0 Å². The first-order valence-electron chi connectivity index (χ1n) is 5.44. The molecule has 74 valence electrons. The summed E-state index contributed by atoms with van der Waals surface area (Å²) in [6, 6.07) is 6.75. The molecule has 0 unspecified atom stereocenters. The average molecular weight is 188 g/mol. The number of fused-ring (bicyclic) bond motifs is 1. The molecule has 14 heavy (non-hydrogen) atoms. The fourth-order valence-corrected chi connectivity index (χ4v) is 2.21. The summed E-state index contributed by atoms with van der Waals surface area (Å²) in [6.07, 6.45) is 2.75. The van der Waals surface area contributed by atoms with Crippen LogP contribution in [-0.2, 0) is 5.41 Å². The van der Waals surface area contributed by atoms with E-state index in [2.05, 4.69) is 32.0 Å². The molecule has 0 bridgehead atoms. The molecule has 0 aromatic heterocycles. The molecule has 1 fully saturated rings. The van der Waals surface area contributed by atoms with Gasteiger partial charge in [0, 0.05) is 11.0 Å². The monoisotopic (exact) mass is 188 g/mol. The van der Waals surface area contributed by atoms with Crippen molar-refractivity contribution in [3.63, 3.8) is 0 Å². The highest BCUT2D eigenvalue weighted by molar-refractivity contribution is 5.46. The molecule has 1 aromatic rings. The van der Waals surface area contributed by atoms with E-state index in [1.165, 1.54) is 24.0 Å². The third-order valence-corrected chi connectivity index (χ3v) is 3.37. The third-order valence-electron chi connectivity index (χ3n) is 3.37. The molecular weight excluding hydrogens is 172 g/mol. The third kappa shape index (κ3) is 1.15. The Kier molecular flexibility index (Phi) is 1.51. The zero-order valence-electron chi connectivity index (χ0n) is 8.84. The molecule has 0 saturated heterocycles. The van der Waals surface area contributed by atoms with Crippen LogP contribution >= 0.6 is 0 Å². The molecule has 1 aromatic carbocycles. The normalized spacial score (nSPS) is 23.0. The van der Waals surface area contributed by atoms with Gasteiger partial charge in [-0.25, -0.2) is 0 Å². The molecule has 1 heterocycles. The van der Waals surface area contributed by atoms with E-state index in [9.17, 15) is 0 Å². The molecule has 1 aliphatic carbocycles. The van der Waals surface area contributed by atoms with Crippen molar-refractivity contribution in [1.82, 2.24) is 0 Å². The lowest BCUT2D eigenvalue weighted by Crippen LogP contribution is -2.18. The maximum Gasteiger partial charge on any atom is 0.123 e. The van der Waals surface area contributed by atoms with Gasteiger partial charge in [0.1, 0.15) is 5.75 Å². The topological polar surface area (TPSA) is 9.23 Å². The van der Waals surface area contributed by atoms with E-state index in [1.54, 1.807) is 0 Å². The SMILES string of the molecule is CC1(C)COc2ccc(C3CC3)cc21. The van der Waals surface area contributed by atoms with Gasteiger partial charge in [-0.15, -0.1) is 0 Å². The zero-order chi connectivity index (χ0) is 9.76. The van der Waals surface area contributed by atoms with Gasteiger partial charge in [0.2, 0.25) is 0 Å². The Labute approximate surface area is 85.1 Å². The predicted octanol–water partition coefficient (Wildman–Crippen LogP) is 3.23. The van der Waals surface area contributed by atoms with Gasteiger partial charge < -0.3 is 4.74 Å². The van der Waals surface area contributed by atoms with Crippen molar-refractivity contribution in [2.24, 2.45) is 0 Å². The molecule has 0 amide bonds. The van der Waals surface area contributed by atoms with E-state index < -0.39 is 0 Å². The molecule has 3 rings (SSSR count). The minimum Gasteiger partial charge on any atom is -0.492 e. The molecule has 0 atom stereocenters. The standard InChI is InChI=1S/C13H16O/c1-13(2)8-14-12-6-5-10(7-11(12)13)9-3-4-9/h5-7,9H,3-4,8H2,1-2H3. The summed E-state index contributed by atoms with van der Waals surface area (Å²) in [5, 5.41) is 0. The zero-order valence-corrected chi connectivity index (χ0v) is 8.84. The van der Waals surface area contributed by atoms with Crippen molar-refractivity contribution in [2.75, 3.05) is 6.61 Å². The van der Waals surface area contributed by atoms with Crippen LogP contribution in [0.25, 0.3) is 0 Å². The van der Waals surface area contributed by atoms with Crippen molar-refractivity contribution < 1.29 is 4.74 Å². The van der Waals surface area contributed by atoms with Crippen molar-refractivity contribution >= 4 is 0 Å². The van der Waals surface area contributed by atoms with Gasteiger partial charge in [0.25, 0.3) is 0 Å². The van der Waals surface area contributed by atoms with E-state index in [4.69, 9.17) is 4.74 Å². The Morgan fingerprint density at radius 2 is 2.07 bits per heavy atom. The number of ether oxygens (including phenoxy) is 1. The summed E-state index contributed by atoms with van der Waals surface area (Å²) in [5.74, 6) is 1.94. The lowest BCUT2D eigenvalue weighted by Gasteiger charge is -2.15. The first-order valence-corrected chi connectivity index (χ1v) is 5.44. The van der Waals surface area contributed by atoms with Crippen molar-refractivity contribution in [3.05, 3.63) is 29.3 Å². The van der Waals surface area contributed by atoms with Crippen molar-refractivity contribution in [1.29, 1.82) is 0 Å². The van der Waals surface area contributed by atoms with Gasteiger partial charge in [0.05, 0.1) is 6.61 Å². The van der Waals surface area contributed by atoms with Gasteiger partial charge in [0.15, 0.2) is 0 Å². The second-order valence-corrected chi connectivity index (χ2v) is 5.20. The fourth-order valence-electron chi connectivity index (χ4n) is 2.21. The van der Waals surface area contributed by atoms with E-state index in [0.29, 0.717) is 0 Å². The van der Waals surface area contributed by atoms with Crippen LogP contribution in [0, 0.1) is 0 Å². The van der Waals surface area contributed by atoms with Gasteiger partial charge in [-0.05, 0) is 30.4 Å². The van der Waals surface area contributed by atoms with Gasteiger partial charge >= 0.3 is 0 Å². The van der Waals surface area contributed by atoms with E-state index in [-0.39, 0.29) is 5.41 Å². The lowest BCUT2D eigenvalue weighted by atomic mass is 9.86. The molecule has 0 radical (unpaired) electrons. The Bertz CT molecular complexity index is 375. The second kappa shape index (κ2) is 2.53. The highest BCUT2D eigenvalue weighted by Gasteiger charge is 2.33. The summed E-state index contributed by atoms with van der Waals surface area (Å²) >= 11 is 0. The summed E-state index contributed by atoms with van der Waals surface area (Å²) in [6.45, 7) is 5.35. The maximum absolute atomic E-state index is 5.67. The summed E-state index contributed by atoms with van der Waals surface area (Å²) in [7, 11) is 0. The molecule has 1 nitrogen and oxygen atoms in total. The maximum atomic E-state index is 5.67. The number of benzene rings is 1. The highest BCUT2D eigenvalue weighted by atomic mass is 16.5. The fraction of sp³-hybridized carbons (Fsp3) is 0.538. The highest BCUT2D eigenvalue weighted by Crippen LogP contribution is 2.45. The van der Waals surface area contributed by atoms with Crippen molar-refractivity contribution in [3.8, 4) is 5.75 Å². The number of hydrogen-bond acceptors (Lipinski definition) is 1. The lowest BCUT2D eigenvalue weighted by molar-refractivity contribution is 0.291. The quantitative estimate of drug-likeness (QED) is 0.657. The van der Waals surface area contributed by atoms with Crippen LogP contribution in [-0.4, -0.2) is 6.61 Å². The minimum absolute atomic E-state index is 0.209. The van der Waals surface area contributed by atoms with Crippen molar-refractivity contribution in [2.45, 2.75) is 38.0 Å². The van der Waals surface area contributed by atoms with Crippen LogP contribution in [0.2, 0.25) is 0 Å². The van der Waals surface area contributed by atoms with Crippen LogP contribution in [0.1, 0.15) is 43.7 Å². The van der Waals surface area contributed by atoms with E-state index in [1.807, 2.05) is 0 Å². The average Bonchev–Trinajstić information content (AvgIpc) is 2.94. The smallest absolute Gasteiger partial charge is 0.123 e. The molecule has 1 heteroatoms. The Hall–Kier alpha value is -0.980. The van der Waals surface area contributed by atoms with E-state index in [0.717, 1.165) is 18.3 Å². The first kappa shape index (κ1) is 8.34. The van der Waals surface area contributed by atoms with E-state index >= 15 is 0 Å². The molecule has 1 saturated carbocycles. The Morgan fingerprint density at radius 1 is 1.29 bits per heavy atom. The number of hydrogen-bond donors (Lipinski definition) is 0. The Morgan fingerprint density at radius 3 is 2.79 bits per heavy atom. The van der Waals surface area contributed by atoms with Crippen LogP contribution in [0.15, 0.2) is 18.2 Å². The number of rotatable bonds is 1. The molecular formula is C13H16O.